The number of rotatable bonds is 6. The lowest BCUT2D eigenvalue weighted by Gasteiger charge is -2.15. The number of carboxylic acid groups (broad SMARTS) is 1. The molecule has 0 fully saturated rings. The Kier molecular flexibility index (Phi) is 4.86. The van der Waals surface area contributed by atoms with E-state index >= 15 is 0 Å². The van der Waals surface area contributed by atoms with Crippen LogP contribution in [0.1, 0.15) is 11.1 Å². The average Bonchev–Trinajstić information content (AvgIpc) is 3.08. The van der Waals surface area contributed by atoms with Gasteiger partial charge >= 0.3 is 5.97 Å². The van der Waals surface area contributed by atoms with Crippen LogP contribution < -0.4 is 4.72 Å². The zero-order valence-corrected chi connectivity index (χ0v) is 16.5. The van der Waals surface area contributed by atoms with Gasteiger partial charge in [-0.2, -0.15) is 4.72 Å². The van der Waals surface area contributed by atoms with Gasteiger partial charge in [0.1, 0.15) is 6.04 Å². The predicted octanol–water partition coefficient (Wildman–Crippen LogP) is 3.60. The van der Waals surface area contributed by atoms with E-state index in [9.17, 15) is 18.3 Å². The predicted molar refractivity (Wildman–Crippen MR) is 112 cm³/mol. The SMILES string of the molecule is Cc1ccc2[nH]cc(CC(NS(=O)(=O)c3ccc4ccccc4c3)C(=O)O)c2c1. The molecule has 4 aromatic rings. The van der Waals surface area contributed by atoms with Crippen LogP contribution in [0.25, 0.3) is 21.7 Å². The van der Waals surface area contributed by atoms with Crippen LogP contribution in [0.5, 0.6) is 0 Å². The van der Waals surface area contributed by atoms with Gasteiger partial charge in [-0.15, -0.1) is 0 Å². The van der Waals surface area contributed by atoms with E-state index in [0.29, 0.717) is 0 Å². The number of aryl methyl sites for hydroxylation is 1. The van der Waals surface area contributed by atoms with Crippen LogP contribution in [-0.4, -0.2) is 30.5 Å². The highest BCUT2D eigenvalue weighted by atomic mass is 32.2. The van der Waals surface area contributed by atoms with Crippen molar-refractivity contribution < 1.29 is 18.3 Å². The molecule has 3 aromatic carbocycles. The maximum absolute atomic E-state index is 12.9. The second kappa shape index (κ2) is 7.35. The van der Waals surface area contributed by atoms with Crippen molar-refractivity contribution >= 4 is 37.7 Å². The molecule has 0 bridgehead atoms. The van der Waals surface area contributed by atoms with Crippen molar-refractivity contribution in [2.75, 3.05) is 0 Å². The van der Waals surface area contributed by atoms with Crippen LogP contribution in [0.2, 0.25) is 0 Å². The van der Waals surface area contributed by atoms with E-state index < -0.39 is 22.0 Å². The second-order valence-corrected chi connectivity index (χ2v) is 8.80. The van der Waals surface area contributed by atoms with Crippen molar-refractivity contribution in [3.8, 4) is 0 Å². The number of sulfonamides is 1. The third kappa shape index (κ3) is 3.87. The van der Waals surface area contributed by atoms with Crippen molar-refractivity contribution in [2.45, 2.75) is 24.3 Å². The molecule has 7 heteroatoms. The van der Waals surface area contributed by atoms with Crippen LogP contribution in [-0.2, 0) is 21.2 Å². The van der Waals surface area contributed by atoms with E-state index in [0.717, 1.165) is 32.8 Å². The highest BCUT2D eigenvalue weighted by molar-refractivity contribution is 7.89. The molecule has 4 rings (SSSR count). The van der Waals surface area contributed by atoms with E-state index in [1.165, 1.54) is 6.07 Å². The number of carboxylic acids is 1. The minimum atomic E-state index is -4.00. The zero-order valence-electron chi connectivity index (χ0n) is 15.7. The molecule has 0 aliphatic heterocycles. The van der Waals surface area contributed by atoms with Crippen molar-refractivity contribution in [3.63, 3.8) is 0 Å². The molecule has 1 unspecified atom stereocenters. The van der Waals surface area contributed by atoms with Crippen LogP contribution in [0.4, 0.5) is 0 Å². The molecule has 0 saturated heterocycles. The fourth-order valence-electron chi connectivity index (χ4n) is 3.45. The largest absolute Gasteiger partial charge is 0.480 e. The first-order valence-corrected chi connectivity index (χ1v) is 10.6. The summed E-state index contributed by atoms with van der Waals surface area (Å²) in [6.07, 6.45) is 1.76. The summed E-state index contributed by atoms with van der Waals surface area (Å²) < 4.78 is 28.1. The molecule has 0 spiro atoms. The molecular weight excluding hydrogens is 388 g/mol. The quantitative estimate of drug-likeness (QED) is 0.454. The number of aliphatic carboxylic acids is 1. The highest BCUT2D eigenvalue weighted by Gasteiger charge is 2.26. The summed E-state index contributed by atoms with van der Waals surface area (Å²) in [6.45, 7) is 1.95. The van der Waals surface area contributed by atoms with Crippen molar-refractivity contribution in [1.29, 1.82) is 0 Å². The topological polar surface area (TPSA) is 99.3 Å². The number of benzene rings is 3. The molecule has 0 aliphatic rings. The Hall–Kier alpha value is -3.16. The number of aromatic nitrogens is 1. The lowest BCUT2D eigenvalue weighted by atomic mass is 10.0. The summed E-state index contributed by atoms with van der Waals surface area (Å²) in [5.74, 6) is -1.23. The smallest absolute Gasteiger partial charge is 0.322 e. The van der Waals surface area contributed by atoms with Crippen LogP contribution in [0, 0.1) is 6.92 Å². The first-order valence-electron chi connectivity index (χ1n) is 9.14. The average molecular weight is 408 g/mol. The molecule has 1 atom stereocenters. The summed E-state index contributed by atoms with van der Waals surface area (Å²) in [4.78, 5) is 15.0. The van der Waals surface area contributed by atoms with Gasteiger partial charge in [-0.3, -0.25) is 4.79 Å². The Balaban J connectivity index is 1.64. The second-order valence-electron chi connectivity index (χ2n) is 7.09. The van der Waals surface area contributed by atoms with Gasteiger partial charge in [0.2, 0.25) is 10.0 Å². The third-order valence-electron chi connectivity index (χ3n) is 4.97. The normalized spacial score (nSPS) is 13.0. The van der Waals surface area contributed by atoms with Crippen LogP contribution >= 0.6 is 0 Å². The van der Waals surface area contributed by atoms with E-state index in [4.69, 9.17) is 0 Å². The van der Waals surface area contributed by atoms with Gasteiger partial charge in [0.05, 0.1) is 4.90 Å². The molecule has 0 radical (unpaired) electrons. The Morgan fingerprint density at radius 3 is 2.59 bits per heavy atom. The van der Waals surface area contributed by atoms with Gasteiger partial charge in [0.25, 0.3) is 0 Å². The van der Waals surface area contributed by atoms with Crippen molar-refractivity contribution in [3.05, 3.63) is 78.0 Å². The molecule has 29 heavy (non-hydrogen) atoms. The number of nitrogens with one attached hydrogen (secondary N) is 2. The minimum absolute atomic E-state index is 0.0333. The first kappa shape index (κ1) is 19.2. The van der Waals surface area contributed by atoms with Crippen molar-refractivity contribution in [1.82, 2.24) is 9.71 Å². The van der Waals surface area contributed by atoms with Crippen LogP contribution in [0.3, 0.4) is 0 Å². The number of aromatic amines is 1. The maximum atomic E-state index is 12.9. The molecular formula is C22H20N2O4S. The fraction of sp³-hybridized carbons (Fsp3) is 0.136. The molecule has 1 heterocycles. The van der Waals surface area contributed by atoms with Gasteiger partial charge < -0.3 is 10.1 Å². The van der Waals surface area contributed by atoms with Gasteiger partial charge in [0, 0.05) is 23.5 Å². The first-order chi connectivity index (χ1) is 13.8. The van der Waals surface area contributed by atoms with Gasteiger partial charge in [-0.25, -0.2) is 8.42 Å². The summed E-state index contributed by atoms with van der Waals surface area (Å²) in [5.41, 5.74) is 2.67. The third-order valence-corrected chi connectivity index (χ3v) is 6.44. The number of H-pyrrole nitrogens is 1. The molecule has 6 nitrogen and oxygen atoms in total. The van der Waals surface area contributed by atoms with Crippen molar-refractivity contribution in [2.24, 2.45) is 0 Å². The monoisotopic (exact) mass is 408 g/mol. The molecule has 0 saturated carbocycles. The van der Waals surface area contributed by atoms with E-state index in [1.807, 2.05) is 49.4 Å². The standard InChI is InChI=1S/C22H20N2O4S/c1-14-6-9-20-19(10-14)17(13-23-20)12-21(22(25)26)24-29(27,28)18-8-7-15-4-2-3-5-16(15)11-18/h2-11,13,21,23-24H,12H2,1H3,(H,25,26). The maximum Gasteiger partial charge on any atom is 0.322 e. The molecule has 3 N–H and O–H groups in total. The minimum Gasteiger partial charge on any atom is -0.480 e. The fourth-order valence-corrected chi connectivity index (χ4v) is 4.67. The Bertz CT molecular complexity index is 1330. The van der Waals surface area contributed by atoms with Gasteiger partial charge in [0.15, 0.2) is 0 Å². The number of hydrogen-bond donors (Lipinski definition) is 3. The molecule has 0 aliphatic carbocycles. The lowest BCUT2D eigenvalue weighted by Crippen LogP contribution is -2.42. The number of hydrogen-bond acceptors (Lipinski definition) is 3. The Labute approximate surface area is 168 Å². The Morgan fingerprint density at radius 1 is 1.07 bits per heavy atom. The van der Waals surface area contributed by atoms with E-state index in [1.54, 1.807) is 18.3 Å². The van der Waals surface area contributed by atoms with E-state index in [-0.39, 0.29) is 11.3 Å². The summed E-state index contributed by atoms with van der Waals surface area (Å²) in [6, 6.07) is 16.7. The molecule has 148 valence electrons. The number of carbonyl (C=O) groups is 1. The summed E-state index contributed by atoms with van der Waals surface area (Å²) in [5, 5.41) is 12.2. The van der Waals surface area contributed by atoms with E-state index in [2.05, 4.69) is 9.71 Å². The zero-order chi connectivity index (χ0) is 20.6. The van der Waals surface area contributed by atoms with Gasteiger partial charge in [-0.1, -0.05) is 42.0 Å². The molecule has 1 aromatic heterocycles. The van der Waals surface area contributed by atoms with Gasteiger partial charge in [-0.05, 0) is 47.5 Å². The summed E-state index contributed by atoms with van der Waals surface area (Å²) >= 11 is 0. The highest BCUT2D eigenvalue weighted by Crippen LogP contribution is 2.23. The Morgan fingerprint density at radius 2 is 1.83 bits per heavy atom. The molecule has 0 amide bonds. The number of fused-ring (bicyclic) bond motifs is 2. The van der Waals surface area contributed by atoms with Crippen LogP contribution in [0.15, 0.2) is 71.8 Å². The summed E-state index contributed by atoms with van der Waals surface area (Å²) in [7, 11) is -4.00. The lowest BCUT2D eigenvalue weighted by molar-refractivity contribution is -0.138.